The monoisotopic (exact) mass is 212 g/mol. The number of ether oxygens (including phenoxy) is 1. The maximum atomic E-state index is 12.0. The largest absolute Gasteiger partial charge is 0.493 e. The third-order valence-corrected chi connectivity index (χ3v) is 1.49. The fourth-order valence-electron chi connectivity index (χ4n) is 0.641. The minimum absolute atomic E-state index is 0.149. The van der Waals surface area contributed by atoms with Gasteiger partial charge in [-0.15, -0.1) is 10.2 Å². The number of alkyl halides is 3. The van der Waals surface area contributed by atoms with E-state index in [9.17, 15) is 13.2 Å². The summed E-state index contributed by atoms with van der Waals surface area (Å²) in [7, 11) is 1.20. The van der Waals surface area contributed by atoms with Crippen LogP contribution >= 0.6 is 11.6 Å². The Labute approximate surface area is 76.5 Å². The van der Waals surface area contributed by atoms with Crippen LogP contribution in [0.1, 0.15) is 5.69 Å². The van der Waals surface area contributed by atoms with Gasteiger partial charge in [0.25, 0.3) is 0 Å². The van der Waals surface area contributed by atoms with Crippen LogP contribution in [0.4, 0.5) is 13.2 Å². The normalized spacial score (nSPS) is 11.5. The quantitative estimate of drug-likeness (QED) is 0.716. The Balaban J connectivity index is 3.14. The summed E-state index contributed by atoms with van der Waals surface area (Å²) in [5.74, 6) is -0.149. The summed E-state index contributed by atoms with van der Waals surface area (Å²) in [6, 6.07) is 0.690. The van der Waals surface area contributed by atoms with Crippen molar-refractivity contribution >= 4 is 11.6 Å². The zero-order chi connectivity index (χ0) is 10.1. The molecule has 0 radical (unpaired) electrons. The summed E-state index contributed by atoms with van der Waals surface area (Å²) in [6.07, 6.45) is -4.54. The molecule has 0 saturated carbocycles. The summed E-state index contributed by atoms with van der Waals surface area (Å²) in [5.41, 5.74) is -1.13. The molecule has 0 atom stereocenters. The Morgan fingerprint density at radius 3 is 2.46 bits per heavy atom. The fraction of sp³-hybridized carbons (Fsp3) is 0.333. The van der Waals surface area contributed by atoms with Crippen LogP contribution in [-0.2, 0) is 6.18 Å². The lowest BCUT2D eigenvalue weighted by Crippen LogP contribution is -2.09. The van der Waals surface area contributed by atoms with Gasteiger partial charge < -0.3 is 4.74 Å². The molecule has 0 aliphatic heterocycles. The first kappa shape index (κ1) is 10.0. The summed E-state index contributed by atoms with van der Waals surface area (Å²) in [5, 5.41) is 5.76. The molecule has 1 aromatic heterocycles. The maximum Gasteiger partial charge on any atom is 0.435 e. The van der Waals surface area contributed by atoms with Gasteiger partial charge in [-0.05, 0) is 0 Å². The van der Waals surface area contributed by atoms with Crippen molar-refractivity contribution in [3.63, 3.8) is 0 Å². The van der Waals surface area contributed by atoms with Crippen molar-refractivity contribution in [1.82, 2.24) is 10.2 Å². The lowest BCUT2D eigenvalue weighted by molar-refractivity contribution is -0.141. The molecule has 0 saturated heterocycles. The molecule has 3 nitrogen and oxygen atoms in total. The van der Waals surface area contributed by atoms with Crippen molar-refractivity contribution in [2.45, 2.75) is 6.18 Å². The average molecular weight is 213 g/mol. The molecule has 0 fully saturated rings. The van der Waals surface area contributed by atoms with E-state index in [1.165, 1.54) is 7.11 Å². The van der Waals surface area contributed by atoms with Gasteiger partial charge in [0.1, 0.15) is 0 Å². The first-order chi connectivity index (χ1) is 5.95. The Morgan fingerprint density at radius 1 is 1.38 bits per heavy atom. The summed E-state index contributed by atoms with van der Waals surface area (Å²) in [6.45, 7) is 0. The molecule has 1 rings (SSSR count). The molecule has 13 heavy (non-hydrogen) atoms. The highest BCUT2D eigenvalue weighted by Gasteiger charge is 2.34. The highest BCUT2D eigenvalue weighted by atomic mass is 35.5. The molecule has 1 aromatic rings. The van der Waals surface area contributed by atoms with Gasteiger partial charge in [-0.25, -0.2) is 0 Å². The van der Waals surface area contributed by atoms with Crippen LogP contribution in [0.5, 0.6) is 5.75 Å². The second-order valence-electron chi connectivity index (χ2n) is 2.09. The second-order valence-corrected chi connectivity index (χ2v) is 2.44. The van der Waals surface area contributed by atoms with E-state index in [-0.39, 0.29) is 10.9 Å². The van der Waals surface area contributed by atoms with E-state index in [1.807, 2.05) is 0 Å². The van der Waals surface area contributed by atoms with E-state index in [1.54, 1.807) is 0 Å². The summed E-state index contributed by atoms with van der Waals surface area (Å²) >= 11 is 5.38. The Bertz CT molecular complexity index is 315. The second kappa shape index (κ2) is 3.37. The zero-order valence-corrected chi connectivity index (χ0v) is 7.15. The molecule has 0 aliphatic carbocycles. The minimum Gasteiger partial charge on any atom is -0.493 e. The highest BCUT2D eigenvalue weighted by Crippen LogP contribution is 2.31. The van der Waals surface area contributed by atoms with E-state index in [4.69, 9.17) is 11.6 Å². The zero-order valence-electron chi connectivity index (χ0n) is 6.39. The van der Waals surface area contributed by atoms with Crippen LogP contribution in [0, 0.1) is 0 Å². The number of rotatable bonds is 1. The summed E-state index contributed by atoms with van der Waals surface area (Å²) < 4.78 is 40.7. The molecule has 0 bridgehead atoms. The summed E-state index contributed by atoms with van der Waals surface area (Å²) in [4.78, 5) is 0. The van der Waals surface area contributed by atoms with Crippen LogP contribution < -0.4 is 4.74 Å². The van der Waals surface area contributed by atoms with Crippen LogP contribution in [-0.4, -0.2) is 17.3 Å². The Hall–Kier alpha value is -1.04. The van der Waals surface area contributed by atoms with Crippen LogP contribution in [0.2, 0.25) is 5.15 Å². The fourth-order valence-corrected chi connectivity index (χ4v) is 0.811. The predicted octanol–water partition coefficient (Wildman–Crippen LogP) is 2.16. The number of hydrogen-bond acceptors (Lipinski definition) is 3. The number of nitrogens with zero attached hydrogens (tertiary/aromatic N) is 2. The SMILES string of the molecule is COc1cc(C(F)(F)F)nnc1Cl. The third-order valence-electron chi connectivity index (χ3n) is 1.23. The van der Waals surface area contributed by atoms with Crippen molar-refractivity contribution in [2.24, 2.45) is 0 Å². The van der Waals surface area contributed by atoms with Gasteiger partial charge >= 0.3 is 6.18 Å². The Morgan fingerprint density at radius 2 is 2.00 bits per heavy atom. The maximum absolute atomic E-state index is 12.0. The molecule has 72 valence electrons. The van der Waals surface area contributed by atoms with Crippen molar-refractivity contribution in [3.8, 4) is 5.75 Å². The standard InChI is InChI=1S/C6H4ClF3N2O/c1-13-3-2-4(6(8,9)10)11-12-5(3)7/h2H,1H3. The minimum atomic E-state index is -4.54. The van der Waals surface area contributed by atoms with Crippen LogP contribution in [0.3, 0.4) is 0 Å². The first-order valence-corrected chi connectivity index (χ1v) is 3.47. The van der Waals surface area contributed by atoms with E-state index >= 15 is 0 Å². The molecule has 7 heteroatoms. The van der Waals surface area contributed by atoms with E-state index in [0.717, 1.165) is 0 Å². The van der Waals surface area contributed by atoms with E-state index < -0.39 is 11.9 Å². The first-order valence-electron chi connectivity index (χ1n) is 3.09. The van der Waals surface area contributed by atoms with E-state index in [2.05, 4.69) is 14.9 Å². The molecule has 0 aliphatic rings. The third kappa shape index (κ3) is 2.21. The van der Waals surface area contributed by atoms with Crippen molar-refractivity contribution in [1.29, 1.82) is 0 Å². The molecular formula is C6H4ClF3N2O. The van der Waals surface area contributed by atoms with E-state index in [0.29, 0.717) is 6.07 Å². The predicted molar refractivity (Wildman–Crippen MR) is 38.6 cm³/mol. The van der Waals surface area contributed by atoms with Crippen LogP contribution in [0.25, 0.3) is 0 Å². The van der Waals surface area contributed by atoms with Gasteiger partial charge in [0.05, 0.1) is 7.11 Å². The van der Waals surface area contributed by atoms with Gasteiger partial charge in [0, 0.05) is 6.07 Å². The highest BCUT2D eigenvalue weighted by molar-refractivity contribution is 6.30. The molecule has 1 heterocycles. The van der Waals surface area contributed by atoms with Gasteiger partial charge in [0.15, 0.2) is 16.6 Å². The molecule has 0 amide bonds. The molecular weight excluding hydrogens is 209 g/mol. The lowest BCUT2D eigenvalue weighted by atomic mass is 10.4. The topological polar surface area (TPSA) is 35.0 Å². The smallest absolute Gasteiger partial charge is 0.435 e. The van der Waals surface area contributed by atoms with Crippen LogP contribution in [0.15, 0.2) is 6.07 Å². The molecule has 0 spiro atoms. The number of methoxy groups -OCH3 is 1. The number of hydrogen-bond donors (Lipinski definition) is 0. The Kier molecular flexibility index (Phi) is 2.60. The molecule has 0 unspecified atom stereocenters. The van der Waals surface area contributed by atoms with Crippen molar-refractivity contribution < 1.29 is 17.9 Å². The van der Waals surface area contributed by atoms with Gasteiger partial charge in [0.2, 0.25) is 0 Å². The van der Waals surface area contributed by atoms with Crippen molar-refractivity contribution in [2.75, 3.05) is 7.11 Å². The average Bonchev–Trinajstić information content (AvgIpc) is 2.03. The molecule has 0 aromatic carbocycles. The van der Waals surface area contributed by atoms with Gasteiger partial charge in [-0.2, -0.15) is 13.2 Å². The van der Waals surface area contributed by atoms with Gasteiger partial charge in [-0.3, -0.25) is 0 Å². The van der Waals surface area contributed by atoms with Gasteiger partial charge in [-0.1, -0.05) is 11.6 Å². The number of aromatic nitrogens is 2. The van der Waals surface area contributed by atoms with Crippen molar-refractivity contribution in [3.05, 3.63) is 16.9 Å². The molecule has 0 N–H and O–H groups in total. The number of halogens is 4. The lowest BCUT2D eigenvalue weighted by Gasteiger charge is -2.06.